The molecule has 5 rings (SSSR count). The van der Waals surface area contributed by atoms with Gasteiger partial charge in [0.15, 0.2) is 0 Å². The minimum Gasteiger partial charge on any atom is -0.383 e. The third kappa shape index (κ3) is 3.15. The largest absolute Gasteiger partial charge is 0.383 e. The van der Waals surface area contributed by atoms with Gasteiger partial charge in [0, 0.05) is 56.1 Å². The summed E-state index contributed by atoms with van der Waals surface area (Å²) in [4.78, 5) is 22.8. The zero-order valence-electron chi connectivity index (χ0n) is 18.2. The van der Waals surface area contributed by atoms with Gasteiger partial charge in [0.1, 0.15) is 17.8 Å². The maximum absolute atomic E-state index is 12.2. The lowest BCUT2D eigenvalue weighted by molar-refractivity contribution is -0.125. The molecule has 4 heterocycles. The molecular weight excluding hydrogens is 402 g/mol. The second kappa shape index (κ2) is 7.64. The first-order chi connectivity index (χ1) is 15.5. The Hall–Kier alpha value is -3.94. The van der Waals surface area contributed by atoms with Crippen LogP contribution in [-0.4, -0.2) is 48.2 Å². The molecule has 1 aliphatic heterocycles. The Balaban J connectivity index is 1.64. The van der Waals surface area contributed by atoms with Gasteiger partial charge < -0.3 is 15.2 Å². The van der Waals surface area contributed by atoms with Crippen molar-refractivity contribution in [1.82, 2.24) is 29.2 Å². The second-order valence-corrected chi connectivity index (χ2v) is 8.23. The number of nitrogens with zero attached hydrogens (tertiary/aromatic N) is 6. The molecule has 0 bridgehead atoms. The number of nitrogens with two attached hydrogens (primary N) is 1. The number of anilines is 1. The van der Waals surface area contributed by atoms with Crippen molar-refractivity contribution in [3.63, 3.8) is 0 Å². The molecule has 0 spiro atoms. The van der Waals surface area contributed by atoms with Crippen LogP contribution in [-0.2, 0) is 18.9 Å². The van der Waals surface area contributed by atoms with Gasteiger partial charge in [-0.1, -0.05) is 30.8 Å². The first-order valence-electron chi connectivity index (χ1n) is 10.6. The molecule has 3 aromatic heterocycles. The molecule has 2 N–H and O–H groups in total. The van der Waals surface area contributed by atoms with E-state index in [4.69, 9.17) is 5.73 Å². The van der Waals surface area contributed by atoms with E-state index in [9.17, 15) is 4.79 Å². The van der Waals surface area contributed by atoms with Crippen molar-refractivity contribution in [2.24, 2.45) is 14.1 Å². The molecule has 1 aliphatic rings. The lowest BCUT2D eigenvalue weighted by Gasteiger charge is -2.17. The number of carbonyl (C=O) groups excluding carboxylic acids is 1. The third-order valence-corrected chi connectivity index (χ3v) is 6.31. The van der Waals surface area contributed by atoms with E-state index >= 15 is 0 Å². The summed E-state index contributed by atoms with van der Waals surface area (Å²) in [5.74, 6) is 0.596. The predicted octanol–water partition coefficient (Wildman–Crippen LogP) is 3.12. The van der Waals surface area contributed by atoms with Crippen LogP contribution in [0.15, 0.2) is 55.6 Å². The lowest BCUT2D eigenvalue weighted by Crippen LogP contribution is -2.26. The zero-order chi connectivity index (χ0) is 22.4. The molecule has 1 saturated heterocycles. The van der Waals surface area contributed by atoms with Crippen LogP contribution in [0.1, 0.15) is 18.0 Å². The van der Waals surface area contributed by atoms with E-state index in [-0.39, 0.29) is 11.8 Å². The molecule has 8 heteroatoms. The Morgan fingerprint density at radius 1 is 1.16 bits per heavy atom. The highest BCUT2D eigenvalue weighted by atomic mass is 16.2. The molecule has 0 radical (unpaired) electrons. The number of rotatable bonds is 4. The number of nitrogen functional groups attached to an aromatic ring is 1. The number of amides is 1. The van der Waals surface area contributed by atoms with Crippen molar-refractivity contribution in [1.29, 1.82) is 0 Å². The number of aromatic nitrogens is 5. The number of aryl methyl sites for hydroxylation is 2. The summed E-state index contributed by atoms with van der Waals surface area (Å²) in [7, 11) is 3.92. The Morgan fingerprint density at radius 2 is 1.91 bits per heavy atom. The number of carbonyl (C=O) groups is 1. The Morgan fingerprint density at radius 3 is 2.59 bits per heavy atom. The highest BCUT2D eigenvalue weighted by molar-refractivity contribution is 6.02. The Kier molecular flexibility index (Phi) is 4.77. The summed E-state index contributed by atoms with van der Waals surface area (Å²) in [5, 5.41) is 5.12. The molecule has 162 valence electrons. The molecule has 8 nitrogen and oxygen atoms in total. The molecule has 1 fully saturated rings. The van der Waals surface area contributed by atoms with Crippen molar-refractivity contribution < 1.29 is 4.79 Å². The fourth-order valence-electron chi connectivity index (χ4n) is 4.78. The van der Waals surface area contributed by atoms with Gasteiger partial charge in [0.05, 0.1) is 11.6 Å². The van der Waals surface area contributed by atoms with Crippen molar-refractivity contribution in [3.8, 4) is 22.3 Å². The SMILES string of the molecule is C=CC(=O)N1CCC(c2c(-c3ccc(-c4cnn(C)c4)cc3)c3c(N)ncnc3n2C)C1. The maximum atomic E-state index is 12.2. The molecule has 1 atom stereocenters. The van der Waals surface area contributed by atoms with Crippen molar-refractivity contribution in [3.05, 3.63) is 61.3 Å². The second-order valence-electron chi connectivity index (χ2n) is 8.23. The van der Waals surface area contributed by atoms with Gasteiger partial charge in [-0.2, -0.15) is 5.10 Å². The standard InChI is InChI=1S/C24H25N7O/c1-4-19(32)31-10-9-17(13-31)22-20(21-23(25)26-14-27-24(21)30(22)3)16-7-5-15(6-8-16)18-11-28-29(2)12-18/h4-8,11-12,14,17H,1,9-10,13H2,2-3H3,(H2,25,26,27). The smallest absolute Gasteiger partial charge is 0.245 e. The maximum Gasteiger partial charge on any atom is 0.245 e. The van der Waals surface area contributed by atoms with E-state index in [2.05, 4.69) is 50.5 Å². The topological polar surface area (TPSA) is 94.9 Å². The molecule has 0 saturated carbocycles. The Bertz CT molecular complexity index is 1330. The summed E-state index contributed by atoms with van der Waals surface area (Å²) in [6.45, 7) is 4.98. The molecule has 4 aromatic rings. The summed E-state index contributed by atoms with van der Waals surface area (Å²) >= 11 is 0. The highest BCUT2D eigenvalue weighted by Gasteiger charge is 2.32. The quantitative estimate of drug-likeness (QED) is 0.505. The lowest BCUT2D eigenvalue weighted by atomic mass is 9.93. The van der Waals surface area contributed by atoms with Crippen LogP contribution in [0.5, 0.6) is 0 Å². The summed E-state index contributed by atoms with van der Waals surface area (Å²) < 4.78 is 3.89. The summed E-state index contributed by atoms with van der Waals surface area (Å²) in [6.07, 6.45) is 7.60. The van der Waals surface area contributed by atoms with Gasteiger partial charge in [-0.15, -0.1) is 0 Å². The number of hydrogen-bond acceptors (Lipinski definition) is 5. The Labute approximate surface area is 186 Å². The fourth-order valence-corrected chi connectivity index (χ4v) is 4.78. The van der Waals surface area contributed by atoms with Crippen LogP contribution in [0.2, 0.25) is 0 Å². The van der Waals surface area contributed by atoms with Crippen LogP contribution < -0.4 is 5.73 Å². The average Bonchev–Trinajstić information content (AvgIpc) is 3.52. The van der Waals surface area contributed by atoms with E-state index in [0.29, 0.717) is 18.9 Å². The molecule has 0 aliphatic carbocycles. The molecule has 1 unspecified atom stereocenters. The van der Waals surface area contributed by atoms with Gasteiger partial charge in [0.25, 0.3) is 0 Å². The summed E-state index contributed by atoms with van der Waals surface area (Å²) in [5.41, 5.74) is 12.5. The van der Waals surface area contributed by atoms with Crippen molar-refractivity contribution >= 4 is 22.8 Å². The highest BCUT2D eigenvalue weighted by Crippen LogP contribution is 2.42. The predicted molar refractivity (Wildman–Crippen MR) is 125 cm³/mol. The first-order valence-corrected chi connectivity index (χ1v) is 10.6. The summed E-state index contributed by atoms with van der Waals surface area (Å²) in [6, 6.07) is 8.40. The monoisotopic (exact) mass is 427 g/mol. The molecule has 1 amide bonds. The first kappa shape index (κ1) is 20.0. The minimum atomic E-state index is -0.0343. The van der Waals surface area contributed by atoms with Crippen LogP contribution in [0.25, 0.3) is 33.3 Å². The van der Waals surface area contributed by atoms with Gasteiger partial charge in [-0.05, 0) is 23.6 Å². The minimum absolute atomic E-state index is 0.0343. The number of fused-ring (bicyclic) bond motifs is 1. The van der Waals surface area contributed by atoms with Gasteiger partial charge >= 0.3 is 0 Å². The molecule has 32 heavy (non-hydrogen) atoms. The van der Waals surface area contributed by atoms with Crippen LogP contribution >= 0.6 is 0 Å². The number of benzene rings is 1. The molecule has 1 aromatic carbocycles. The van der Waals surface area contributed by atoms with Gasteiger partial charge in [-0.25, -0.2) is 9.97 Å². The number of hydrogen-bond donors (Lipinski definition) is 1. The average molecular weight is 428 g/mol. The van der Waals surface area contributed by atoms with E-state index in [1.165, 1.54) is 12.4 Å². The van der Waals surface area contributed by atoms with Crippen LogP contribution in [0, 0.1) is 0 Å². The van der Waals surface area contributed by atoms with E-state index in [1.54, 1.807) is 4.68 Å². The van der Waals surface area contributed by atoms with E-state index in [0.717, 1.165) is 45.4 Å². The van der Waals surface area contributed by atoms with Gasteiger partial charge in [0.2, 0.25) is 5.91 Å². The van der Waals surface area contributed by atoms with Crippen molar-refractivity contribution in [2.75, 3.05) is 18.8 Å². The van der Waals surface area contributed by atoms with Crippen LogP contribution in [0.3, 0.4) is 0 Å². The third-order valence-electron chi connectivity index (χ3n) is 6.31. The van der Waals surface area contributed by atoms with Gasteiger partial charge in [-0.3, -0.25) is 9.48 Å². The van der Waals surface area contributed by atoms with Crippen molar-refractivity contribution in [2.45, 2.75) is 12.3 Å². The fraction of sp³-hybridized carbons (Fsp3) is 0.250. The molecular formula is C24H25N7O. The van der Waals surface area contributed by atoms with E-state index in [1.807, 2.05) is 31.4 Å². The normalized spacial score (nSPS) is 16.1. The zero-order valence-corrected chi connectivity index (χ0v) is 18.2. The van der Waals surface area contributed by atoms with Crippen LogP contribution in [0.4, 0.5) is 5.82 Å². The number of likely N-dealkylation sites (tertiary alicyclic amines) is 1. The van der Waals surface area contributed by atoms with E-state index < -0.39 is 0 Å².